The first-order valence-corrected chi connectivity index (χ1v) is 11.0. The van der Waals surface area contributed by atoms with Crippen LogP contribution in [0.3, 0.4) is 0 Å². The second-order valence-electron chi connectivity index (χ2n) is 6.77. The van der Waals surface area contributed by atoms with Gasteiger partial charge in [0.15, 0.2) is 0 Å². The summed E-state index contributed by atoms with van der Waals surface area (Å²) in [4.78, 5) is 36.9. The number of carbonyl (C=O) groups excluding carboxylic acids is 3. The van der Waals surface area contributed by atoms with Gasteiger partial charge in [-0.2, -0.15) is 11.8 Å². The van der Waals surface area contributed by atoms with Gasteiger partial charge in [0.1, 0.15) is 19.3 Å². The van der Waals surface area contributed by atoms with Crippen LogP contribution in [-0.2, 0) is 23.9 Å². The van der Waals surface area contributed by atoms with Gasteiger partial charge in [0.05, 0.1) is 25.6 Å². The fraction of sp³-hybridized carbons (Fsp3) is 0.842. The maximum Gasteiger partial charge on any atom is 0.308 e. The molecule has 3 unspecified atom stereocenters. The highest BCUT2D eigenvalue weighted by molar-refractivity contribution is 7.99. The fourth-order valence-corrected chi connectivity index (χ4v) is 3.14. The second kappa shape index (κ2) is 16.4. The molecule has 10 heteroatoms. The number of amides is 1. The molecule has 0 heterocycles. The summed E-state index contributed by atoms with van der Waals surface area (Å²) in [5.41, 5.74) is 0. The third-order valence-corrected chi connectivity index (χ3v) is 5.39. The fourth-order valence-electron chi connectivity index (χ4n) is 2.17. The summed E-state index contributed by atoms with van der Waals surface area (Å²) < 4.78 is 9.89. The highest BCUT2D eigenvalue weighted by Crippen LogP contribution is 2.13. The Morgan fingerprint density at radius 1 is 1.00 bits per heavy atom. The highest BCUT2D eigenvalue weighted by Gasteiger charge is 2.20. The molecule has 0 aromatic rings. The van der Waals surface area contributed by atoms with Crippen molar-refractivity contribution in [3.63, 3.8) is 0 Å². The topological polar surface area (TPSA) is 134 Å². The number of aliphatic hydroxyl groups is 3. The normalized spacial score (nSPS) is 14.0. The van der Waals surface area contributed by atoms with Gasteiger partial charge in [-0.15, -0.1) is 0 Å². The molecule has 3 N–H and O–H groups in total. The van der Waals surface area contributed by atoms with Crippen LogP contribution in [-0.4, -0.2) is 95.2 Å². The van der Waals surface area contributed by atoms with Crippen molar-refractivity contribution in [2.24, 2.45) is 11.8 Å². The molecule has 0 fully saturated rings. The first-order valence-electron chi connectivity index (χ1n) is 9.85. The molecule has 0 radical (unpaired) electrons. The van der Waals surface area contributed by atoms with Gasteiger partial charge in [0, 0.05) is 30.5 Å². The quantitative estimate of drug-likeness (QED) is 0.226. The van der Waals surface area contributed by atoms with Crippen molar-refractivity contribution in [3.8, 4) is 0 Å². The molecule has 29 heavy (non-hydrogen) atoms. The zero-order valence-corrected chi connectivity index (χ0v) is 18.4. The van der Waals surface area contributed by atoms with E-state index in [-0.39, 0.29) is 63.7 Å². The van der Waals surface area contributed by atoms with Crippen molar-refractivity contribution in [1.82, 2.24) is 4.90 Å². The minimum Gasteiger partial charge on any atom is -0.463 e. The molecule has 9 nitrogen and oxygen atoms in total. The summed E-state index contributed by atoms with van der Waals surface area (Å²) in [7, 11) is 0. The van der Waals surface area contributed by atoms with E-state index in [2.05, 4.69) is 0 Å². The molecule has 0 aliphatic carbocycles. The standard InChI is InChI=1S/C19H35NO8S/c1-4-14(2)19(26)28-12-16(23)11-27-17(24)5-10-29-13-15(3)18(25)20(6-8-21)7-9-22/h14-16,21-23H,4-13H2,1-3H3. The van der Waals surface area contributed by atoms with E-state index in [1.54, 1.807) is 13.8 Å². The summed E-state index contributed by atoms with van der Waals surface area (Å²) in [6.07, 6.45) is -0.296. The van der Waals surface area contributed by atoms with Gasteiger partial charge in [-0.1, -0.05) is 20.8 Å². The number of rotatable bonds is 16. The molecule has 0 spiro atoms. The smallest absolute Gasteiger partial charge is 0.308 e. The Bertz CT molecular complexity index is 485. The van der Waals surface area contributed by atoms with Crippen LogP contribution in [0.4, 0.5) is 0 Å². The molecular formula is C19H35NO8S. The molecule has 0 aromatic carbocycles. The first-order chi connectivity index (χ1) is 13.8. The van der Waals surface area contributed by atoms with Crippen molar-refractivity contribution in [1.29, 1.82) is 0 Å². The monoisotopic (exact) mass is 437 g/mol. The van der Waals surface area contributed by atoms with Gasteiger partial charge >= 0.3 is 11.9 Å². The Labute approximate surface area is 176 Å². The van der Waals surface area contributed by atoms with Crippen molar-refractivity contribution in [3.05, 3.63) is 0 Å². The van der Waals surface area contributed by atoms with Crippen molar-refractivity contribution in [2.75, 3.05) is 51.0 Å². The average molecular weight is 438 g/mol. The van der Waals surface area contributed by atoms with Gasteiger partial charge in [-0.3, -0.25) is 14.4 Å². The molecule has 0 aliphatic heterocycles. The van der Waals surface area contributed by atoms with E-state index in [1.165, 1.54) is 16.7 Å². The molecule has 0 saturated heterocycles. The van der Waals surface area contributed by atoms with Crippen LogP contribution in [0.25, 0.3) is 0 Å². The summed E-state index contributed by atoms with van der Waals surface area (Å²) in [6, 6.07) is 0. The lowest BCUT2D eigenvalue weighted by Gasteiger charge is -2.24. The molecule has 0 bridgehead atoms. The van der Waals surface area contributed by atoms with Gasteiger partial charge in [-0.25, -0.2) is 0 Å². The van der Waals surface area contributed by atoms with E-state index in [0.29, 0.717) is 17.9 Å². The SMILES string of the molecule is CCC(C)C(=O)OCC(O)COC(=O)CCSCC(C)C(=O)N(CCO)CCO. The van der Waals surface area contributed by atoms with Gasteiger partial charge in [0.2, 0.25) is 5.91 Å². The van der Waals surface area contributed by atoms with Gasteiger partial charge in [0.25, 0.3) is 0 Å². The van der Waals surface area contributed by atoms with Crippen LogP contribution in [0.1, 0.15) is 33.6 Å². The molecular weight excluding hydrogens is 402 g/mol. The summed E-state index contributed by atoms with van der Waals surface area (Å²) in [6.45, 7) is 4.90. The Hall–Kier alpha value is -1.36. The number of thioether (sulfide) groups is 1. The Balaban J connectivity index is 3.98. The maximum atomic E-state index is 12.2. The van der Waals surface area contributed by atoms with Crippen LogP contribution < -0.4 is 0 Å². The molecule has 3 atom stereocenters. The molecule has 0 rings (SSSR count). The van der Waals surface area contributed by atoms with Crippen molar-refractivity contribution < 1.29 is 39.2 Å². The van der Waals surface area contributed by atoms with E-state index in [1.807, 2.05) is 6.92 Å². The number of aliphatic hydroxyl groups excluding tert-OH is 3. The number of carbonyl (C=O) groups is 3. The minimum absolute atomic E-state index is 0.127. The summed E-state index contributed by atoms with van der Waals surface area (Å²) in [5.74, 6) is -0.631. The summed E-state index contributed by atoms with van der Waals surface area (Å²) in [5, 5.41) is 27.7. The van der Waals surface area contributed by atoms with Crippen LogP contribution >= 0.6 is 11.8 Å². The number of nitrogens with zero attached hydrogens (tertiary/aromatic N) is 1. The summed E-state index contributed by atoms with van der Waals surface area (Å²) >= 11 is 1.42. The number of esters is 2. The van der Waals surface area contributed by atoms with E-state index in [9.17, 15) is 19.5 Å². The minimum atomic E-state index is -1.07. The number of ether oxygens (including phenoxy) is 2. The largest absolute Gasteiger partial charge is 0.463 e. The Morgan fingerprint density at radius 3 is 2.14 bits per heavy atom. The van der Waals surface area contributed by atoms with Gasteiger partial charge in [-0.05, 0) is 6.42 Å². The maximum absolute atomic E-state index is 12.2. The highest BCUT2D eigenvalue weighted by atomic mass is 32.2. The lowest BCUT2D eigenvalue weighted by molar-refractivity contribution is -0.154. The van der Waals surface area contributed by atoms with Crippen molar-refractivity contribution in [2.45, 2.75) is 39.7 Å². The second-order valence-corrected chi connectivity index (χ2v) is 7.92. The zero-order chi connectivity index (χ0) is 22.2. The Kier molecular flexibility index (Phi) is 15.7. The van der Waals surface area contributed by atoms with E-state index >= 15 is 0 Å². The third-order valence-electron chi connectivity index (χ3n) is 4.16. The van der Waals surface area contributed by atoms with Crippen molar-refractivity contribution >= 4 is 29.6 Å². The van der Waals surface area contributed by atoms with E-state index in [4.69, 9.17) is 19.7 Å². The average Bonchev–Trinajstić information content (AvgIpc) is 2.71. The predicted octanol–water partition coefficient (Wildman–Crippen LogP) is 0.0524. The molecule has 1 amide bonds. The van der Waals surface area contributed by atoms with Crippen LogP contribution in [0.5, 0.6) is 0 Å². The zero-order valence-electron chi connectivity index (χ0n) is 17.5. The Morgan fingerprint density at radius 2 is 1.59 bits per heavy atom. The number of hydrogen-bond acceptors (Lipinski definition) is 9. The van der Waals surface area contributed by atoms with E-state index in [0.717, 1.165) is 0 Å². The molecule has 0 aliphatic rings. The lowest BCUT2D eigenvalue weighted by Crippen LogP contribution is -2.39. The lowest BCUT2D eigenvalue weighted by atomic mass is 10.1. The van der Waals surface area contributed by atoms with Crippen LogP contribution in [0, 0.1) is 11.8 Å². The molecule has 0 aromatic heterocycles. The van der Waals surface area contributed by atoms with E-state index < -0.39 is 18.0 Å². The van der Waals surface area contributed by atoms with Gasteiger partial charge < -0.3 is 29.7 Å². The molecule has 170 valence electrons. The number of hydrogen-bond donors (Lipinski definition) is 3. The van der Waals surface area contributed by atoms with Crippen LogP contribution in [0.15, 0.2) is 0 Å². The van der Waals surface area contributed by atoms with Crippen LogP contribution in [0.2, 0.25) is 0 Å². The third kappa shape index (κ3) is 12.7. The predicted molar refractivity (Wildman–Crippen MR) is 109 cm³/mol. The first kappa shape index (κ1) is 27.6. The molecule has 0 saturated carbocycles.